The number of carbonyl (C=O) groups excluding carboxylic acids is 1. The second-order valence-electron chi connectivity index (χ2n) is 8.54. The van der Waals surface area contributed by atoms with E-state index in [1.165, 1.54) is 0 Å². The first-order valence-electron chi connectivity index (χ1n) is 9.80. The summed E-state index contributed by atoms with van der Waals surface area (Å²) < 4.78 is 6.52. The number of rotatable bonds is 3. The summed E-state index contributed by atoms with van der Waals surface area (Å²) in [6, 6.07) is 8.90. The van der Waals surface area contributed by atoms with Crippen molar-refractivity contribution >= 4 is 5.91 Å². The number of benzene rings is 1. The average Bonchev–Trinajstić information content (AvgIpc) is 3.32. The topological polar surface area (TPSA) is 41.6 Å². The lowest BCUT2D eigenvalue weighted by Crippen LogP contribution is -2.53. The van der Waals surface area contributed by atoms with Crippen LogP contribution in [0.15, 0.2) is 24.3 Å². The van der Waals surface area contributed by atoms with E-state index in [2.05, 4.69) is 43.1 Å². The highest BCUT2D eigenvalue weighted by atomic mass is 16.5. The smallest absolute Gasteiger partial charge is 0.223 e. The molecule has 25 heavy (non-hydrogen) atoms. The lowest BCUT2D eigenvalue weighted by Gasteiger charge is -2.47. The summed E-state index contributed by atoms with van der Waals surface area (Å²) in [5.74, 6) is 1.94. The molecule has 4 heteroatoms. The molecule has 3 aliphatic rings. The Hall–Kier alpha value is -1.55. The van der Waals surface area contributed by atoms with Gasteiger partial charge in [-0.1, -0.05) is 25.1 Å². The monoisotopic (exact) mass is 342 g/mol. The van der Waals surface area contributed by atoms with Crippen LogP contribution in [0.2, 0.25) is 0 Å². The van der Waals surface area contributed by atoms with Gasteiger partial charge in [-0.2, -0.15) is 0 Å². The standard InChI is InChI=1S/C21H30N2O2/c1-14(2)23-10-8-21(9-11-23)13-18(22-20(24)17-12-15(17)3)16-6-4-5-7-19(16)25-21/h4-7,14-15,17-18H,8-13H2,1-3H3,(H,22,24). The van der Waals surface area contributed by atoms with E-state index >= 15 is 0 Å². The maximum Gasteiger partial charge on any atom is 0.223 e. The first kappa shape index (κ1) is 16.9. The van der Waals surface area contributed by atoms with Crippen LogP contribution in [0.25, 0.3) is 0 Å². The highest BCUT2D eigenvalue weighted by Crippen LogP contribution is 2.45. The van der Waals surface area contributed by atoms with Gasteiger partial charge < -0.3 is 15.0 Å². The van der Waals surface area contributed by atoms with E-state index in [-0.39, 0.29) is 23.5 Å². The molecule has 1 saturated heterocycles. The number of ether oxygens (including phenoxy) is 1. The summed E-state index contributed by atoms with van der Waals surface area (Å²) in [6.07, 6.45) is 3.99. The van der Waals surface area contributed by atoms with E-state index in [0.29, 0.717) is 12.0 Å². The number of carbonyl (C=O) groups is 1. The van der Waals surface area contributed by atoms with Crippen LogP contribution in [-0.4, -0.2) is 35.5 Å². The Morgan fingerprint density at radius 3 is 2.60 bits per heavy atom. The number of nitrogens with one attached hydrogen (secondary N) is 1. The molecule has 1 aromatic rings. The fraction of sp³-hybridized carbons (Fsp3) is 0.667. The van der Waals surface area contributed by atoms with E-state index in [9.17, 15) is 4.79 Å². The fourth-order valence-corrected chi connectivity index (χ4v) is 4.47. The Labute approximate surface area is 150 Å². The Morgan fingerprint density at radius 1 is 1.28 bits per heavy atom. The highest BCUT2D eigenvalue weighted by Gasteiger charge is 2.46. The SMILES string of the molecule is CC1CC1C(=O)NC1CC2(CCN(C(C)C)CC2)Oc2ccccc21. The van der Waals surface area contributed by atoms with Crippen molar-refractivity contribution in [3.8, 4) is 5.75 Å². The van der Waals surface area contributed by atoms with Crippen molar-refractivity contribution in [2.24, 2.45) is 11.8 Å². The van der Waals surface area contributed by atoms with Gasteiger partial charge in [0.1, 0.15) is 11.4 Å². The molecule has 1 N–H and O–H groups in total. The third-order valence-corrected chi connectivity index (χ3v) is 6.40. The summed E-state index contributed by atoms with van der Waals surface area (Å²) in [5.41, 5.74) is 1.01. The molecule has 136 valence electrons. The van der Waals surface area contributed by atoms with Gasteiger partial charge in [0.25, 0.3) is 0 Å². The molecule has 4 rings (SSSR count). The van der Waals surface area contributed by atoms with Gasteiger partial charge in [0.05, 0.1) is 6.04 Å². The summed E-state index contributed by atoms with van der Waals surface area (Å²) in [7, 11) is 0. The van der Waals surface area contributed by atoms with Crippen LogP contribution in [-0.2, 0) is 4.79 Å². The molecule has 0 bridgehead atoms. The van der Waals surface area contributed by atoms with Crippen molar-refractivity contribution in [1.82, 2.24) is 10.2 Å². The normalized spacial score (nSPS) is 30.6. The van der Waals surface area contributed by atoms with Gasteiger partial charge in [-0.05, 0) is 45.1 Å². The zero-order valence-corrected chi connectivity index (χ0v) is 15.6. The van der Waals surface area contributed by atoms with Crippen molar-refractivity contribution < 1.29 is 9.53 Å². The molecule has 4 nitrogen and oxygen atoms in total. The maximum absolute atomic E-state index is 12.5. The molecule has 1 aliphatic carbocycles. The number of likely N-dealkylation sites (tertiary alicyclic amines) is 1. The molecule has 3 unspecified atom stereocenters. The molecule has 2 aliphatic heterocycles. The number of para-hydroxylation sites is 1. The summed E-state index contributed by atoms with van der Waals surface area (Å²) in [5, 5.41) is 3.34. The van der Waals surface area contributed by atoms with E-state index in [0.717, 1.165) is 50.1 Å². The third-order valence-electron chi connectivity index (χ3n) is 6.40. The maximum atomic E-state index is 12.5. The minimum atomic E-state index is -0.132. The zero-order chi connectivity index (χ0) is 17.6. The van der Waals surface area contributed by atoms with Crippen LogP contribution in [0.5, 0.6) is 5.75 Å². The van der Waals surface area contributed by atoms with Crippen molar-refractivity contribution in [3.05, 3.63) is 29.8 Å². The summed E-state index contributed by atoms with van der Waals surface area (Å²) >= 11 is 0. The highest BCUT2D eigenvalue weighted by molar-refractivity contribution is 5.82. The predicted octanol–water partition coefficient (Wildman–Crippen LogP) is 3.53. The van der Waals surface area contributed by atoms with E-state index in [1.54, 1.807) is 0 Å². The molecular formula is C21H30N2O2. The number of hydrogen-bond donors (Lipinski definition) is 1. The van der Waals surface area contributed by atoms with Gasteiger partial charge in [0.15, 0.2) is 0 Å². The summed E-state index contributed by atoms with van der Waals surface area (Å²) in [4.78, 5) is 15.1. The molecule has 1 amide bonds. The Balaban J connectivity index is 1.53. The second kappa shape index (κ2) is 6.31. The number of hydrogen-bond acceptors (Lipinski definition) is 3. The predicted molar refractivity (Wildman–Crippen MR) is 98.5 cm³/mol. The molecule has 3 atom stereocenters. The Bertz CT molecular complexity index is 649. The molecule has 2 heterocycles. The van der Waals surface area contributed by atoms with Crippen LogP contribution >= 0.6 is 0 Å². The van der Waals surface area contributed by atoms with E-state index in [4.69, 9.17) is 4.74 Å². The Morgan fingerprint density at radius 2 is 1.96 bits per heavy atom. The second-order valence-corrected chi connectivity index (χ2v) is 8.54. The minimum absolute atomic E-state index is 0.0795. The lowest BCUT2D eigenvalue weighted by molar-refractivity contribution is -0.124. The van der Waals surface area contributed by atoms with Gasteiger partial charge in [0.2, 0.25) is 5.91 Å². The largest absolute Gasteiger partial charge is 0.487 e. The third kappa shape index (κ3) is 3.29. The molecule has 1 saturated carbocycles. The molecule has 1 aromatic carbocycles. The number of fused-ring (bicyclic) bond motifs is 1. The van der Waals surface area contributed by atoms with Gasteiger partial charge in [-0.25, -0.2) is 0 Å². The minimum Gasteiger partial charge on any atom is -0.487 e. The zero-order valence-electron chi connectivity index (χ0n) is 15.6. The molecular weight excluding hydrogens is 312 g/mol. The van der Waals surface area contributed by atoms with Gasteiger partial charge in [-0.3, -0.25) is 4.79 Å². The first-order valence-corrected chi connectivity index (χ1v) is 9.80. The van der Waals surface area contributed by atoms with Crippen molar-refractivity contribution in [1.29, 1.82) is 0 Å². The van der Waals surface area contributed by atoms with E-state index in [1.807, 2.05) is 12.1 Å². The van der Waals surface area contributed by atoms with Crippen molar-refractivity contribution in [3.63, 3.8) is 0 Å². The number of nitrogens with zero attached hydrogens (tertiary/aromatic N) is 1. The number of piperidine rings is 1. The average molecular weight is 342 g/mol. The fourth-order valence-electron chi connectivity index (χ4n) is 4.47. The van der Waals surface area contributed by atoms with Crippen molar-refractivity contribution in [2.75, 3.05) is 13.1 Å². The van der Waals surface area contributed by atoms with Crippen LogP contribution in [0.3, 0.4) is 0 Å². The molecule has 2 fully saturated rings. The van der Waals surface area contributed by atoms with Crippen LogP contribution in [0, 0.1) is 11.8 Å². The Kier molecular flexibility index (Phi) is 4.27. The van der Waals surface area contributed by atoms with Gasteiger partial charge in [0, 0.05) is 37.0 Å². The molecule has 0 radical (unpaired) electrons. The van der Waals surface area contributed by atoms with Crippen LogP contribution in [0.4, 0.5) is 0 Å². The first-order chi connectivity index (χ1) is 12.0. The van der Waals surface area contributed by atoms with Crippen LogP contribution in [0.1, 0.15) is 58.1 Å². The van der Waals surface area contributed by atoms with Crippen LogP contribution < -0.4 is 10.1 Å². The molecule has 0 aromatic heterocycles. The quantitative estimate of drug-likeness (QED) is 0.914. The van der Waals surface area contributed by atoms with Gasteiger partial charge in [-0.15, -0.1) is 0 Å². The molecule has 1 spiro atoms. The van der Waals surface area contributed by atoms with Crippen molar-refractivity contribution in [2.45, 2.75) is 64.1 Å². The lowest BCUT2D eigenvalue weighted by atomic mass is 9.80. The number of amides is 1. The summed E-state index contributed by atoms with van der Waals surface area (Å²) in [6.45, 7) is 8.81. The van der Waals surface area contributed by atoms with E-state index < -0.39 is 0 Å². The van der Waals surface area contributed by atoms with Gasteiger partial charge >= 0.3 is 0 Å².